The highest BCUT2D eigenvalue weighted by molar-refractivity contribution is 5.81. The highest BCUT2D eigenvalue weighted by Crippen LogP contribution is 2.16. The molecule has 0 N–H and O–H groups in total. The van der Waals surface area contributed by atoms with Crippen molar-refractivity contribution in [1.29, 1.82) is 0 Å². The van der Waals surface area contributed by atoms with Gasteiger partial charge in [-0.3, -0.25) is 14.7 Å². The van der Waals surface area contributed by atoms with Crippen LogP contribution in [0.1, 0.15) is 19.0 Å². The average Bonchev–Trinajstić information content (AvgIpc) is 2.72. The van der Waals surface area contributed by atoms with Gasteiger partial charge in [0, 0.05) is 51.0 Å². The molecule has 0 spiro atoms. The zero-order valence-corrected chi connectivity index (χ0v) is 15.7. The molecule has 2 heterocycles. The normalized spacial score (nSPS) is 16.1. The molecule has 0 saturated carbocycles. The van der Waals surface area contributed by atoms with Crippen molar-refractivity contribution in [3.63, 3.8) is 0 Å². The second-order valence-electron chi connectivity index (χ2n) is 6.71. The summed E-state index contributed by atoms with van der Waals surface area (Å²) in [7, 11) is 0. The summed E-state index contributed by atoms with van der Waals surface area (Å²) in [5.41, 5.74) is 1.09. The lowest BCUT2D eigenvalue weighted by molar-refractivity contribution is -0.140. The molecule has 27 heavy (non-hydrogen) atoms. The zero-order valence-electron chi connectivity index (χ0n) is 15.7. The lowest BCUT2D eigenvalue weighted by atomic mass is 10.2. The molecule has 1 aliphatic rings. The van der Waals surface area contributed by atoms with Crippen molar-refractivity contribution in [3.8, 4) is 5.75 Å². The number of ether oxygens (including phenoxy) is 1. The summed E-state index contributed by atoms with van der Waals surface area (Å²) in [5, 5.41) is 0. The van der Waals surface area contributed by atoms with Crippen LogP contribution in [0.25, 0.3) is 0 Å². The number of benzene rings is 1. The Bertz CT molecular complexity index is 716. The van der Waals surface area contributed by atoms with E-state index in [9.17, 15) is 9.18 Å². The Morgan fingerprint density at radius 2 is 1.89 bits per heavy atom. The molecular formula is C21H26FN3O2. The molecule has 5 nitrogen and oxygen atoms in total. The van der Waals surface area contributed by atoms with Gasteiger partial charge in [-0.1, -0.05) is 13.0 Å². The number of pyridine rings is 1. The quantitative estimate of drug-likeness (QED) is 0.751. The van der Waals surface area contributed by atoms with E-state index in [-0.39, 0.29) is 11.7 Å². The van der Waals surface area contributed by atoms with Crippen LogP contribution in [0.3, 0.4) is 0 Å². The summed E-state index contributed by atoms with van der Waals surface area (Å²) in [6, 6.07) is 11.8. The third-order valence-corrected chi connectivity index (χ3v) is 4.83. The van der Waals surface area contributed by atoms with E-state index < -0.39 is 6.10 Å². The van der Waals surface area contributed by atoms with Crippen LogP contribution >= 0.6 is 0 Å². The average molecular weight is 371 g/mol. The van der Waals surface area contributed by atoms with Gasteiger partial charge in [0.15, 0.2) is 6.10 Å². The molecule has 3 rings (SSSR count). The van der Waals surface area contributed by atoms with Gasteiger partial charge in [0.05, 0.1) is 0 Å². The third kappa shape index (κ3) is 5.50. The second kappa shape index (κ2) is 9.46. The second-order valence-corrected chi connectivity index (χ2v) is 6.71. The number of aromatic nitrogens is 1. The summed E-state index contributed by atoms with van der Waals surface area (Å²) in [6.45, 7) is 5.98. The molecule has 1 unspecified atom stereocenters. The monoisotopic (exact) mass is 371 g/mol. The highest BCUT2D eigenvalue weighted by Gasteiger charge is 2.27. The first kappa shape index (κ1) is 19.3. The number of carbonyl (C=O) groups is 1. The van der Waals surface area contributed by atoms with E-state index in [1.807, 2.05) is 36.2 Å². The van der Waals surface area contributed by atoms with E-state index in [4.69, 9.17) is 4.74 Å². The maximum atomic E-state index is 13.0. The molecule has 0 bridgehead atoms. The molecule has 1 atom stereocenters. The molecule has 1 fully saturated rings. The SMILES string of the molecule is CCC(Oc1ccc(F)cc1)C(=O)N1CCN(CCc2ccccn2)CC1. The maximum absolute atomic E-state index is 13.0. The third-order valence-electron chi connectivity index (χ3n) is 4.83. The Balaban J connectivity index is 1.47. The van der Waals surface area contributed by atoms with Gasteiger partial charge in [0.25, 0.3) is 5.91 Å². The van der Waals surface area contributed by atoms with Gasteiger partial charge in [-0.05, 0) is 42.8 Å². The Morgan fingerprint density at radius 1 is 1.15 bits per heavy atom. The molecule has 1 aromatic heterocycles. The molecule has 6 heteroatoms. The smallest absolute Gasteiger partial charge is 0.263 e. The number of hydrogen-bond donors (Lipinski definition) is 0. The van der Waals surface area contributed by atoms with Crippen LogP contribution in [0, 0.1) is 5.82 Å². The molecule has 1 saturated heterocycles. The first-order chi connectivity index (χ1) is 13.2. The maximum Gasteiger partial charge on any atom is 0.263 e. The van der Waals surface area contributed by atoms with Gasteiger partial charge in [-0.15, -0.1) is 0 Å². The van der Waals surface area contributed by atoms with Crippen LogP contribution in [-0.4, -0.2) is 59.5 Å². The molecule has 0 aliphatic carbocycles. The van der Waals surface area contributed by atoms with Gasteiger partial charge < -0.3 is 9.64 Å². The molecule has 144 valence electrons. The minimum Gasteiger partial charge on any atom is -0.481 e. The van der Waals surface area contributed by atoms with Crippen molar-refractivity contribution in [2.24, 2.45) is 0 Å². The topological polar surface area (TPSA) is 45.7 Å². The summed E-state index contributed by atoms with van der Waals surface area (Å²) in [5.74, 6) is 0.209. The number of piperazine rings is 1. The van der Waals surface area contributed by atoms with Crippen LogP contribution in [0.5, 0.6) is 5.75 Å². The molecule has 0 radical (unpaired) electrons. The van der Waals surface area contributed by atoms with Crippen molar-refractivity contribution in [3.05, 3.63) is 60.2 Å². The first-order valence-corrected chi connectivity index (χ1v) is 9.49. The predicted octanol–water partition coefficient (Wildman–Crippen LogP) is 2.77. The summed E-state index contributed by atoms with van der Waals surface area (Å²) in [4.78, 5) is 21.4. The van der Waals surface area contributed by atoms with E-state index in [0.717, 1.165) is 31.7 Å². The fourth-order valence-electron chi connectivity index (χ4n) is 3.20. The standard InChI is InChI=1S/C21H26FN3O2/c1-2-20(27-19-8-6-17(22)7-9-19)21(26)25-15-13-24(14-16-25)12-10-18-5-3-4-11-23-18/h3-9,11,20H,2,10,12-16H2,1H3. The number of carbonyl (C=O) groups excluding carboxylic acids is 1. The van der Waals surface area contributed by atoms with E-state index >= 15 is 0 Å². The van der Waals surface area contributed by atoms with Crippen LogP contribution in [-0.2, 0) is 11.2 Å². The fraction of sp³-hybridized carbons (Fsp3) is 0.429. The van der Waals surface area contributed by atoms with Crippen molar-refractivity contribution < 1.29 is 13.9 Å². The van der Waals surface area contributed by atoms with Crippen LogP contribution in [0.15, 0.2) is 48.7 Å². The lowest BCUT2D eigenvalue weighted by Crippen LogP contribution is -2.52. The Kier molecular flexibility index (Phi) is 6.76. The summed E-state index contributed by atoms with van der Waals surface area (Å²) < 4.78 is 18.8. The minimum atomic E-state index is -0.532. The molecule has 1 aromatic carbocycles. The van der Waals surface area contributed by atoms with E-state index in [1.165, 1.54) is 12.1 Å². The van der Waals surface area contributed by atoms with E-state index in [1.54, 1.807) is 12.1 Å². The highest BCUT2D eigenvalue weighted by atomic mass is 19.1. The van der Waals surface area contributed by atoms with Crippen molar-refractivity contribution >= 4 is 5.91 Å². The van der Waals surface area contributed by atoms with Crippen LogP contribution < -0.4 is 4.74 Å². The predicted molar refractivity (Wildman–Crippen MR) is 102 cm³/mol. The largest absolute Gasteiger partial charge is 0.481 e. The van der Waals surface area contributed by atoms with Crippen molar-refractivity contribution in [2.75, 3.05) is 32.7 Å². The number of rotatable bonds is 7. The fourth-order valence-corrected chi connectivity index (χ4v) is 3.20. The number of hydrogen-bond acceptors (Lipinski definition) is 4. The van der Waals surface area contributed by atoms with Crippen molar-refractivity contribution in [2.45, 2.75) is 25.9 Å². The number of nitrogens with zero attached hydrogens (tertiary/aromatic N) is 3. The zero-order chi connectivity index (χ0) is 19.1. The molecule has 1 aliphatic heterocycles. The van der Waals surface area contributed by atoms with Crippen molar-refractivity contribution in [1.82, 2.24) is 14.8 Å². The summed E-state index contributed by atoms with van der Waals surface area (Å²) in [6.07, 6.45) is 2.78. The number of halogens is 1. The van der Waals surface area contributed by atoms with Gasteiger partial charge >= 0.3 is 0 Å². The minimum absolute atomic E-state index is 0.00574. The van der Waals surface area contributed by atoms with Gasteiger partial charge in [0.2, 0.25) is 0 Å². The van der Waals surface area contributed by atoms with Crippen LogP contribution in [0.2, 0.25) is 0 Å². The Morgan fingerprint density at radius 3 is 2.52 bits per heavy atom. The molecule has 2 aromatic rings. The Hall–Kier alpha value is -2.47. The van der Waals surface area contributed by atoms with E-state index in [0.29, 0.717) is 25.3 Å². The van der Waals surface area contributed by atoms with Gasteiger partial charge in [-0.25, -0.2) is 4.39 Å². The first-order valence-electron chi connectivity index (χ1n) is 9.49. The van der Waals surface area contributed by atoms with Crippen LogP contribution in [0.4, 0.5) is 4.39 Å². The van der Waals surface area contributed by atoms with E-state index in [2.05, 4.69) is 9.88 Å². The molecule has 1 amide bonds. The number of amides is 1. The lowest BCUT2D eigenvalue weighted by Gasteiger charge is -2.36. The van der Waals surface area contributed by atoms with Gasteiger partial charge in [-0.2, -0.15) is 0 Å². The summed E-state index contributed by atoms with van der Waals surface area (Å²) >= 11 is 0. The van der Waals surface area contributed by atoms with Gasteiger partial charge in [0.1, 0.15) is 11.6 Å². The molecular weight excluding hydrogens is 345 g/mol. The Labute approximate surface area is 159 Å².